The summed E-state index contributed by atoms with van der Waals surface area (Å²) in [6.07, 6.45) is 0. The normalized spacial score (nSPS) is 10.8. The number of nitrogens with two attached hydrogens (primary N) is 1. The van der Waals surface area contributed by atoms with E-state index in [4.69, 9.17) is 5.73 Å². The Hall–Kier alpha value is -1.35. The molecule has 0 saturated heterocycles. The van der Waals surface area contributed by atoms with Crippen LogP contribution < -0.4 is 5.73 Å². The summed E-state index contributed by atoms with van der Waals surface area (Å²) in [7, 11) is 0. The first kappa shape index (κ1) is 7.31. The first-order chi connectivity index (χ1) is 5.81. The van der Waals surface area contributed by atoms with Gasteiger partial charge in [-0.15, -0.1) is 0 Å². The van der Waals surface area contributed by atoms with Crippen LogP contribution >= 0.6 is 0 Å². The third kappa shape index (κ3) is 0.987. The fraction of sp³-hybridized carbons (Fsp3) is 0.222. The molecule has 0 aliphatic carbocycles. The van der Waals surface area contributed by atoms with E-state index in [2.05, 4.69) is 9.97 Å². The number of H-pyrrole nitrogens is 1. The van der Waals surface area contributed by atoms with E-state index >= 15 is 0 Å². The summed E-state index contributed by atoms with van der Waals surface area (Å²) < 4.78 is 0. The molecule has 0 unspecified atom stereocenters. The topological polar surface area (TPSA) is 54.7 Å². The second-order valence-corrected chi connectivity index (χ2v) is 2.86. The van der Waals surface area contributed by atoms with Gasteiger partial charge in [-0.25, -0.2) is 4.98 Å². The maximum Gasteiger partial charge on any atom is 0.121 e. The standard InChI is InChI=1S/C9H11N3/c1-6-3-2-4-7-9(6)12-8(5-10)11-7/h2-4H,5,10H2,1H3,(H,11,12). The van der Waals surface area contributed by atoms with E-state index in [9.17, 15) is 0 Å². The van der Waals surface area contributed by atoms with Crippen molar-refractivity contribution in [2.45, 2.75) is 13.5 Å². The molecule has 0 saturated carbocycles. The van der Waals surface area contributed by atoms with Crippen LogP contribution in [-0.4, -0.2) is 9.97 Å². The second-order valence-electron chi connectivity index (χ2n) is 2.86. The molecular formula is C9H11N3. The van der Waals surface area contributed by atoms with Crippen molar-refractivity contribution in [1.82, 2.24) is 9.97 Å². The average Bonchev–Trinajstić information content (AvgIpc) is 2.49. The number of fused-ring (bicyclic) bond motifs is 1. The molecule has 0 amide bonds. The molecular weight excluding hydrogens is 150 g/mol. The van der Waals surface area contributed by atoms with Crippen LogP contribution in [0, 0.1) is 6.92 Å². The minimum absolute atomic E-state index is 0.466. The molecule has 3 heteroatoms. The molecule has 0 spiro atoms. The zero-order valence-corrected chi connectivity index (χ0v) is 6.96. The van der Waals surface area contributed by atoms with Crippen LogP contribution in [0.15, 0.2) is 18.2 Å². The molecule has 0 aliphatic heterocycles. The largest absolute Gasteiger partial charge is 0.341 e. The number of para-hydroxylation sites is 1. The maximum absolute atomic E-state index is 5.47. The van der Waals surface area contributed by atoms with Gasteiger partial charge in [-0.3, -0.25) is 0 Å². The highest BCUT2D eigenvalue weighted by atomic mass is 14.9. The monoisotopic (exact) mass is 161 g/mol. The van der Waals surface area contributed by atoms with Gasteiger partial charge in [-0.2, -0.15) is 0 Å². The Kier molecular flexibility index (Phi) is 1.59. The van der Waals surface area contributed by atoms with Gasteiger partial charge >= 0.3 is 0 Å². The van der Waals surface area contributed by atoms with Crippen LogP contribution in [0.2, 0.25) is 0 Å². The lowest BCUT2D eigenvalue weighted by Gasteiger charge is -1.90. The fourth-order valence-electron chi connectivity index (χ4n) is 1.32. The van der Waals surface area contributed by atoms with Gasteiger partial charge < -0.3 is 10.7 Å². The number of hydrogen-bond donors (Lipinski definition) is 2. The van der Waals surface area contributed by atoms with Gasteiger partial charge in [-0.1, -0.05) is 12.1 Å². The zero-order chi connectivity index (χ0) is 8.55. The van der Waals surface area contributed by atoms with Gasteiger partial charge in [0.1, 0.15) is 5.82 Å². The number of aromatic nitrogens is 2. The van der Waals surface area contributed by atoms with Crippen LogP contribution in [0.1, 0.15) is 11.4 Å². The van der Waals surface area contributed by atoms with Crippen molar-refractivity contribution < 1.29 is 0 Å². The molecule has 0 bridgehead atoms. The van der Waals surface area contributed by atoms with Crippen LogP contribution in [0.4, 0.5) is 0 Å². The lowest BCUT2D eigenvalue weighted by atomic mass is 10.2. The Bertz CT molecular complexity index is 403. The number of nitrogens with one attached hydrogen (secondary N) is 1. The van der Waals surface area contributed by atoms with Crippen molar-refractivity contribution in [3.63, 3.8) is 0 Å². The predicted octanol–water partition coefficient (Wildman–Crippen LogP) is 1.33. The fourth-order valence-corrected chi connectivity index (χ4v) is 1.32. The van der Waals surface area contributed by atoms with Crippen molar-refractivity contribution in [2.75, 3.05) is 0 Å². The summed E-state index contributed by atoms with van der Waals surface area (Å²) in [5.74, 6) is 0.847. The molecule has 0 atom stereocenters. The van der Waals surface area contributed by atoms with Crippen molar-refractivity contribution in [3.05, 3.63) is 29.6 Å². The van der Waals surface area contributed by atoms with Gasteiger partial charge in [0.25, 0.3) is 0 Å². The summed E-state index contributed by atoms with van der Waals surface area (Å²) in [5, 5.41) is 0. The van der Waals surface area contributed by atoms with E-state index in [1.807, 2.05) is 25.1 Å². The van der Waals surface area contributed by atoms with Gasteiger partial charge in [0.2, 0.25) is 0 Å². The Morgan fingerprint density at radius 1 is 1.50 bits per heavy atom. The first-order valence-corrected chi connectivity index (χ1v) is 3.95. The lowest BCUT2D eigenvalue weighted by molar-refractivity contribution is 0.958. The van der Waals surface area contributed by atoms with Crippen molar-refractivity contribution in [3.8, 4) is 0 Å². The van der Waals surface area contributed by atoms with Crippen LogP contribution in [0.3, 0.4) is 0 Å². The SMILES string of the molecule is Cc1cccc2[nH]c(CN)nc12. The number of imidazole rings is 1. The number of nitrogens with zero attached hydrogens (tertiary/aromatic N) is 1. The van der Waals surface area contributed by atoms with Crippen LogP contribution in [-0.2, 0) is 6.54 Å². The summed E-state index contributed by atoms with van der Waals surface area (Å²) in [6, 6.07) is 6.06. The van der Waals surface area contributed by atoms with Gasteiger partial charge in [0.15, 0.2) is 0 Å². The van der Waals surface area contributed by atoms with E-state index in [1.54, 1.807) is 0 Å². The molecule has 3 nitrogen and oxygen atoms in total. The number of aromatic amines is 1. The van der Waals surface area contributed by atoms with Crippen LogP contribution in [0.25, 0.3) is 11.0 Å². The quantitative estimate of drug-likeness (QED) is 0.663. The van der Waals surface area contributed by atoms with Gasteiger partial charge in [0.05, 0.1) is 17.6 Å². The molecule has 1 aromatic carbocycles. The average molecular weight is 161 g/mol. The molecule has 62 valence electrons. The number of benzene rings is 1. The Labute approximate surface area is 70.6 Å². The predicted molar refractivity (Wildman–Crippen MR) is 48.7 cm³/mol. The van der Waals surface area contributed by atoms with Gasteiger partial charge in [0, 0.05) is 0 Å². The maximum atomic E-state index is 5.47. The molecule has 0 aliphatic rings. The van der Waals surface area contributed by atoms with E-state index in [1.165, 1.54) is 5.56 Å². The number of rotatable bonds is 1. The Morgan fingerprint density at radius 3 is 3.00 bits per heavy atom. The minimum Gasteiger partial charge on any atom is -0.341 e. The highest BCUT2D eigenvalue weighted by Crippen LogP contribution is 2.14. The molecule has 3 N–H and O–H groups in total. The molecule has 1 aromatic heterocycles. The van der Waals surface area contributed by atoms with Crippen molar-refractivity contribution in [2.24, 2.45) is 5.73 Å². The minimum atomic E-state index is 0.466. The van der Waals surface area contributed by atoms with Crippen LogP contribution in [0.5, 0.6) is 0 Å². The Balaban J connectivity index is 2.74. The third-order valence-corrected chi connectivity index (χ3v) is 1.96. The highest BCUT2D eigenvalue weighted by molar-refractivity contribution is 5.78. The Morgan fingerprint density at radius 2 is 2.33 bits per heavy atom. The molecule has 2 aromatic rings. The summed E-state index contributed by atoms with van der Waals surface area (Å²) in [4.78, 5) is 7.50. The van der Waals surface area contributed by atoms with E-state index < -0.39 is 0 Å². The van der Waals surface area contributed by atoms with E-state index in [0.717, 1.165) is 16.9 Å². The third-order valence-electron chi connectivity index (χ3n) is 1.96. The zero-order valence-electron chi connectivity index (χ0n) is 6.96. The summed E-state index contributed by atoms with van der Waals surface area (Å²) in [6.45, 7) is 2.51. The second kappa shape index (κ2) is 2.60. The molecule has 2 rings (SSSR count). The molecule has 0 radical (unpaired) electrons. The molecule has 1 heterocycles. The summed E-state index contributed by atoms with van der Waals surface area (Å²) in [5.41, 5.74) is 8.74. The molecule has 0 fully saturated rings. The first-order valence-electron chi connectivity index (χ1n) is 3.95. The molecule has 12 heavy (non-hydrogen) atoms. The van der Waals surface area contributed by atoms with E-state index in [0.29, 0.717) is 6.54 Å². The van der Waals surface area contributed by atoms with Gasteiger partial charge in [-0.05, 0) is 18.6 Å². The summed E-state index contributed by atoms with van der Waals surface area (Å²) >= 11 is 0. The van der Waals surface area contributed by atoms with Crippen molar-refractivity contribution >= 4 is 11.0 Å². The lowest BCUT2D eigenvalue weighted by Crippen LogP contribution is -1.97. The van der Waals surface area contributed by atoms with E-state index in [-0.39, 0.29) is 0 Å². The number of hydrogen-bond acceptors (Lipinski definition) is 2. The van der Waals surface area contributed by atoms with Crippen molar-refractivity contribution in [1.29, 1.82) is 0 Å². The highest BCUT2D eigenvalue weighted by Gasteiger charge is 2.01. The smallest absolute Gasteiger partial charge is 0.121 e. The number of aryl methyl sites for hydroxylation is 1.